The fraction of sp³-hybridized carbons (Fsp3) is 1.00. The summed E-state index contributed by atoms with van der Waals surface area (Å²) in [4.78, 5) is 0. The van der Waals surface area contributed by atoms with Crippen molar-refractivity contribution in [3.05, 3.63) is 0 Å². The number of rotatable bonds is 3. The molecule has 0 aliphatic carbocycles. The Morgan fingerprint density at radius 3 is 3.13 bits per heavy atom. The van der Waals surface area contributed by atoms with Gasteiger partial charge >= 0.3 is 0 Å². The largest absolute Gasteiger partial charge is 0.374 e. The minimum absolute atomic E-state index is 0.230. The number of hydrogen-bond donors (Lipinski definition) is 1. The van der Waals surface area contributed by atoms with E-state index >= 15 is 0 Å². The highest BCUT2D eigenvalue weighted by atomic mass is 32.2. The molecule has 15 heavy (non-hydrogen) atoms. The standard InChI is InChI=1S/C12H23NOS/c1-3-10(2)13-11-4-6-14-12(8-11)5-7-15-9-12/h10-11,13H,3-9H2,1-2H3. The first-order chi connectivity index (χ1) is 7.24. The van der Waals surface area contributed by atoms with Crippen molar-refractivity contribution in [3.8, 4) is 0 Å². The van der Waals surface area contributed by atoms with E-state index in [0.29, 0.717) is 12.1 Å². The van der Waals surface area contributed by atoms with E-state index in [1.807, 2.05) is 0 Å². The molecule has 0 aromatic heterocycles. The third kappa shape index (κ3) is 2.89. The van der Waals surface area contributed by atoms with E-state index in [1.54, 1.807) is 0 Å². The maximum absolute atomic E-state index is 6.01. The average molecular weight is 229 g/mol. The summed E-state index contributed by atoms with van der Waals surface area (Å²) < 4.78 is 6.01. The van der Waals surface area contributed by atoms with E-state index < -0.39 is 0 Å². The van der Waals surface area contributed by atoms with Crippen molar-refractivity contribution in [2.45, 2.75) is 57.2 Å². The predicted molar refractivity (Wildman–Crippen MR) is 66.5 cm³/mol. The van der Waals surface area contributed by atoms with E-state index in [0.717, 1.165) is 6.61 Å². The van der Waals surface area contributed by atoms with E-state index in [-0.39, 0.29) is 5.60 Å². The molecule has 88 valence electrons. The number of hydrogen-bond acceptors (Lipinski definition) is 3. The van der Waals surface area contributed by atoms with Crippen LogP contribution in [0.15, 0.2) is 0 Å². The zero-order chi connectivity index (χ0) is 10.7. The topological polar surface area (TPSA) is 21.3 Å². The van der Waals surface area contributed by atoms with Crippen LogP contribution in [0.25, 0.3) is 0 Å². The third-order valence-electron chi connectivity index (χ3n) is 3.69. The Hall–Kier alpha value is 0.270. The maximum Gasteiger partial charge on any atom is 0.0795 e. The van der Waals surface area contributed by atoms with Crippen LogP contribution in [0, 0.1) is 0 Å². The van der Waals surface area contributed by atoms with Gasteiger partial charge in [-0.2, -0.15) is 11.8 Å². The Kier molecular flexibility index (Phi) is 3.97. The van der Waals surface area contributed by atoms with Crippen molar-refractivity contribution in [2.75, 3.05) is 18.1 Å². The normalized spacial score (nSPS) is 38.4. The highest BCUT2D eigenvalue weighted by Gasteiger charge is 2.40. The average Bonchev–Trinajstić information content (AvgIpc) is 2.66. The zero-order valence-corrected chi connectivity index (χ0v) is 10.7. The predicted octanol–water partition coefficient (Wildman–Crippen LogP) is 2.43. The van der Waals surface area contributed by atoms with Crippen LogP contribution in [0.4, 0.5) is 0 Å². The smallest absolute Gasteiger partial charge is 0.0795 e. The Morgan fingerprint density at radius 2 is 2.47 bits per heavy atom. The van der Waals surface area contributed by atoms with Crippen LogP contribution in [-0.4, -0.2) is 35.8 Å². The molecule has 0 aromatic carbocycles. The van der Waals surface area contributed by atoms with Gasteiger partial charge in [-0.3, -0.25) is 0 Å². The molecule has 0 amide bonds. The molecule has 0 aromatic rings. The third-order valence-corrected chi connectivity index (χ3v) is 4.92. The summed E-state index contributed by atoms with van der Waals surface area (Å²) in [6, 6.07) is 1.34. The number of ether oxygens (including phenoxy) is 1. The lowest BCUT2D eigenvalue weighted by Gasteiger charge is -2.39. The molecule has 2 nitrogen and oxygen atoms in total. The Labute approximate surface area is 97.5 Å². The van der Waals surface area contributed by atoms with Gasteiger partial charge in [-0.1, -0.05) is 6.92 Å². The Balaban J connectivity index is 1.86. The Bertz CT molecular complexity index is 204. The van der Waals surface area contributed by atoms with E-state index in [2.05, 4.69) is 30.9 Å². The molecule has 0 saturated carbocycles. The summed E-state index contributed by atoms with van der Waals surface area (Å²) in [6.45, 7) is 5.48. The molecular weight excluding hydrogens is 206 g/mol. The molecule has 2 saturated heterocycles. The lowest BCUT2D eigenvalue weighted by atomic mass is 9.89. The van der Waals surface area contributed by atoms with Crippen molar-refractivity contribution in [2.24, 2.45) is 0 Å². The second kappa shape index (κ2) is 5.07. The molecular formula is C12H23NOS. The first-order valence-corrected chi connectivity index (χ1v) is 7.37. The van der Waals surface area contributed by atoms with Crippen LogP contribution in [0.1, 0.15) is 39.5 Å². The quantitative estimate of drug-likeness (QED) is 0.803. The van der Waals surface area contributed by atoms with Gasteiger partial charge in [0.05, 0.1) is 5.60 Å². The van der Waals surface area contributed by atoms with Crippen LogP contribution in [0.5, 0.6) is 0 Å². The molecule has 1 spiro atoms. The van der Waals surface area contributed by atoms with Gasteiger partial charge in [0.15, 0.2) is 0 Å². The van der Waals surface area contributed by atoms with Crippen LogP contribution >= 0.6 is 11.8 Å². The second-order valence-corrected chi connectivity index (χ2v) is 6.10. The molecule has 0 radical (unpaired) electrons. The molecule has 2 fully saturated rings. The molecule has 2 aliphatic heterocycles. The highest BCUT2D eigenvalue weighted by Crippen LogP contribution is 2.38. The molecule has 3 unspecified atom stereocenters. The van der Waals surface area contributed by atoms with Crippen LogP contribution in [0.3, 0.4) is 0 Å². The summed E-state index contributed by atoms with van der Waals surface area (Å²) in [6.07, 6.45) is 4.90. The van der Waals surface area contributed by atoms with Gasteiger partial charge < -0.3 is 10.1 Å². The van der Waals surface area contributed by atoms with Gasteiger partial charge in [0, 0.05) is 24.4 Å². The highest BCUT2D eigenvalue weighted by molar-refractivity contribution is 7.99. The van der Waals surface area contributed by atoms with Crippen LogP contribution < -0.4 is 5.32 Å². The van der Waals surface area contributed by atoms with Crippen molar-refractivity contribution in [3.63, 3.8) is 0 Å². The van der Waals surface area contributed by atoms with Crippen molar-refractivity contribution < 1.29 is 4.74 Å². The van der Waals surface area contributed by atoms with E-state index in [9.17, 15) is 0 Å². The molecule has 3 heteroatoms. The molecule has 2 aliphatic rings. The summed E-state index contributed by atoms with van der Waals surface area (Å²) in [5, 5.41) is 3.73. The number of thioether (sulfide) groups is 1. The van der Waals surface area contributed by atoms with Gasteiger partial charge in [0.1, 0.15) is 0 Å². The Morgan fingerprint density at radius 1 is 1.60 bits per heavy atom. The fourth-order valence-electron chi connectivity index (χ4n) is 2.55. The van der Waals surface area contributed by atoms with Crippen LogP contribution in [-0.2, 0) is 4.74 Å². The summed E-state index contributed by atoms with van der Waals surface area (Å²) in [5.41, 5.74) is 0.230. The summed E-state index contributed by atoms with van der Waals surface area (Å²) >= 11 is 2.05. The minimum atomic E-state index is 0.230. The maximum atomic E-state index is 6.01. The van der Waals surface area contributed by atoms with Crippen molar-refractivity contribution in [1.29, 1.82) is 0 Å². The lowest BCUT2D eigenvalue weighted by molar-refractivity contribution is -0.0711. The molecule has 1 N–H and O–H groups in total. The van der Waals surface area contributed by atoms with E-state index in [4.69, 9.17) is 4.74 Å². The van der Waals surface area contributed by atoms with E-state index in [1.165, 1.54) is 37.2 Å². The SMILES string of the molecule is CCC(C)NC1CCOC2(CCSC2)C1. The van der Waals surface area contributed by atoms with Gasteiger partial charge in [0.2, 0.25) is 0 Å². The zero-order valence-electron chi connectivity index (χ0n) is 9.92. The summed E-state index contributed by atoms with van der Waals surface area (Å²) in [7, 11) is 0. The van der Waals surface area contributed by atoms with Crippen molar-refractivity contribution in [1.82, 2.24) is 5.32 Å². The second-order valence-electron chi connectivity index (χ2n) is 5.00. The molecule has 2 heterocycles. The molecule has 3 atom stereocenters. The minimum Gasteiger partial charge on any atom is -0.374 e. The van der Waals surface area contributed by atoms with Crippen LogP contribution in [0.2, 0.25) is 0 Å². The molecule has 0 bridgehead atoms. The first-order valence-electron chi connectivity index (χ1n) is 6.22. The summed E-state index contributed by atoms with van der Waals surface area (Å²) in [5.74, 6) is 2.50. The monoisotopic (exact) mass is 229 g/mol. The van der Waals surface area contributed by atoms with Crippen molar-refractivity contribution >= 4 is 11.8 Å². The van der Waals surface area contributed by atoms with Gasteiger partial charge in [-0.25, -0.2) is 0 Å². The molecule has 2 rings (SSSR count). The first kappa shape index (κ1) is 11.7. The lowest BCUT2D eigenvalue weighted by Crippen LogP contribution is -2.49. The van der Waals surface area contributed by atoms with Gasteiger partial charge in [0.25, 0.3) is 0 Å². The van der Waals surface area contributed by atoms with Gasteiger partial charge in [-0.15, -0.1) is 0 Å². The van der Waals surface area contributed by atoms with Gasteiger partial charge in [-0.05, 0) is 38.4 Å². The number of nitrogens with one attached hydrogen (secondary N) is 1. The fourth-order valence-corrected chi connectivity index (χ4v) is 3.93.